The summed E-state index contributed by atoms with van der Waals surface area (Å²) >= 11 is 3.26. The van der Waals surface area contributed by atoms with Gasteiger partial charge < -0.3 is 31.6 Å². The molecule has 0 unspecified atom stereocenters. The van der Waals surface area contributed by atoms with Gasteiger partial charge >= 0.3 is 5.97 Å². The minimum absolute atomic E-state index is 0.384. The zero-order chi connectivity index (χ0) is 27.0. The largest absolute Gasteiger partial charge is 0.863 e. The summed E-state index contributed by atoms with van der Waals surface area (Å²) in [4.78, 5) is 47.7. The molecular formula is C16H25N5O11S2. The third kappa shape index (κ3) is 13.4. The molecule has 1 rings (SSSR count). The molecule has 0 aromatic heterocycles. The van der Waals surface area contributed by atoms with Gasteiger partial charge in [0.2, 0.25) is 0 Å². The molecule has 0 saturated heterocycles. The van der Waals surface area contributed by atoms with Crippen LogP contribution in [0.15, 0.2) is 12.1 Å². The summed E-state index contributed by atoms with van der Waals surface area (Å²) in [6.45, 7) is 0. The number of quaternary nitrogens is 2. The maximum Gasteiger partial charge on any atom is 0.362 e. The number of rotatable bonds is 11. The quantitative estimate of drug-likeness (QED) is 0.208. The van der Waals surface area contributed by atoms with Gasteiger partial charge in [-0.25, -0.2) is 4.79 Å². The van der Waals surface area contributed by atoms with Gasteiger partial charge in [-0.2, -0.15) is 23.5 Å². The van der Waals surface area contributed by atoms with Crippen molar-refractivity contribution in [2.45, 2.75) is 24.9 Å². The Bertz CT molecular complexity index is 813. The van der Waals surface area contributed by atoms with Crippen LogP contribution in [0.3, 0.4) is 0 Å². The van der Waals surface area contributed by atoms with Crippen LogP contribution in [0.25, 0.3) is 0 Å². The molecule has 34 heavy (non-hydrogen) atoms. The van der Waals surface area contributed by atoms with Crippen LogP contribution in [-0.2, 0) is 9.59 Å². The van der Waals surface area contributed by atoms with E-state index >= 15 is 0 Å². The number of carboxylic acid groups (broad SMARTS) is 2. The second-order valence-electron chi connectivity index (χ2n) is 6.20. The number of non-ortho nitro benzene ring substituents is 1. The van der Waals surface area contributed by atoms with E-state index in [1.165, 1.54) is 0 Å². The van der Waals surface area contributed by atoms with Gasteiger partial charge in [0.15, 0.2) is 6.04 Å². The van der Waals surface area contributed by atoms with E-state index in [2.05, 4.69) is 11.5 Å². The van der Waals surface area contributed by atoms with Crippen molar-refractivity contribution in [3.63, 3.8) is 0 Å². The van der Waals surface area contributed by atoms with Gasteiger partial charge in [-0.15, -0.1) is 0 Å². The summed E-state index contributed by atoms with van der Waals surface area (Å²) in [5, 5.41) is 60.5. The van der Waals surface area contributed by atoms with Gasteiger partial charge in [-0.1, -0.05) is 0 Å². The van der Waals surface area contributed by atoms with E-state index in [0.29, 0.717) is 25.0 Å². The molecule has 7 N–H and O–H groups in total. The van der Waals surface area contributed by atoms with E-state index in [-0.39, 0.29) is 0 Å². The number of nitro benzene ring substituents is 3. The topological polar surface area (TPSA) is 285 Å². The SMILES string of the molecule is CSCC[C@@H]([NH3+])C(=O)[O-].CSCC[C@H]([NH3+])C(=O)O.O=[N+]([O-])c1cc([N+](=O)[O-])c([O-])c([N+](=O)[O-])c1. The number of carboxylic acids is 2. The molecule has 0 saturated carbocycles. The number of hydrogen-bond acceptors (Lipinski definition) is 12. The molecule has 0 radical (unpaired) electrons. The zero-order valence-corrected chi connectivity index (χ0v) is 19.9. The highest BCUT2D eigenvalue weighted by Crippen LogP contribution is 2.36. The summed E-state index contributed by atoms with van der Waals surface area (Å²) in [6.07, 6.45) is 5.15. The fraction of sp³-hybridized carbons (Fsp3) is 0.500. The molecule has 0 spiro atoms. The molecule has 0 aliphatic carbocycles. The Kier molecular flexibility index (Phi) is 16.8. The monoisotopic (exact) mass is 527 g/mol. The normalized spacial score (nSPS) is 11.5. The number of thioether (sulfide) groups is 2. The van der Waals surface area contributed by atoms with E-state index in [1.807, 2.05) is 12.5 Å². The highest BCUT2D eigenvalue weighted by Gasteiger charge is 2.24. The Hall–Kier alpha value is -3.22. The van der Waals surface area contributed by atoms with Crippen molar-refractivity contribution in [3.05, 3.63) is 42.5 Å². The van der Waals surface area contributed by atoms with Crippen LogP contribution in [-0.4, -0.2) is 67.9 Å². The van der Waals surface area contributed by atoms with Gasteiger partial charge in [0.1, 0.15) is 6.04 Å². The molecule has 0 fully saturated rings. The van der Waals surface area contributed by atoms with Crippen molar-refractivity contribution in [1.82, 2.24) is 0 Å². The molecule has 0 aliphatic heterocycles. The second-order valence-corrected chi connectivity index (χ2v) is 8.17. The van der Waals surface area contributed by atoms with E-state index in [9.17, 15) is 50.1 Å². The molecule has 0 amide bonds. The molecular weight excluding hydrogens is 502 g/mol. The Balaban J connectivity index is 0. The van der Waals surface area contributed by atoms with Crippen molar-refractivity contribution in [2.75, 3.05) is 24.0 Å². The number of aliphatic carboxylic acids is 2. The van der Waals surface area contributed by atoms with E-state index < -0.39 is 61.6 Å². The third-order valence-electron chi connectivity index (χ3n) is 3.66. The van der Waals surface area contributed by atoms with Crippen molar-refractivity contribution < 1.29 is 51.1 Å². The average molecular weight is 528 g/mol. The van der Waals surface area contributed by atoms with Crippen LogP contribution in [0.5, 0.6) is 5.75 Å². The van der Waals surface area contributed by atoms with Crippen molar-refractivity contribution in [3.8, 4) is 5.75 Å². The first kappa shape index (κ1) is 33.0. The highest BCUT2D eigenvalue weighted by atomic mass is 32.2. The summed E-state index contributed by atoms with van der Waals surface area (Å²) in [5.74, 6) is -1.60. The summed E-state index contributed by atoms with van der Waals surface area (Å²) in [5.41, 5.74) is 3.60. The van der Waals surface area contributed by atoms with Crippen LogP contribution in [0, 0.1) is 30.3 Å². The minimum atomic E-state index is -1.46. The number of carbonyl (C=O) groups excluding carboxylic acids is 1. The number of nitrogens with zero attached hydrogens (tertiary/aromatic N) is 3. The van der Waals surface area contributed by atoms with E-state index in [4.69, 9.17) is 5.11 Å². The Morgan fingerprint density at radius 1 is 0.912 bits per heavy atom. The molecule has 0 bridgehead atoms. The van der Waals surface area contributed by atoms with Gasteiger partial charge in [0.25, 0.3) is 17.1 Å². The molecule has 0 aliphatic rings. The first-order valence-electron chi connectivity index (χ1n) is 9.07. The van der Waals surface area contributed by atoms with Crippen LogP contribution in [0.1, 0.15) is 12.8 Å². The van der Waals surface area contributed by atoms with Crippen molar-refractivity contribution in [2.24, 2.45) is 0 Å². The molecule has 16 nitrogen and oxygen atoms in total. The fourth-order valence-electron chi connectivity index (χ4n) is 1.72. The first-order valence-corrected chi connectivity index (χ1v) is 11.9. The molecule has 1 aromatic rings. The number of carbonyl (C=O) groups is 2. The standard InChI is InChI=1S/C6H3N3O7.2C5H11NO2S/c10-6-4(8(13)14)1-3(7(11)12)2-5(6)9(15)16;2*1-9-3-2-4(6)5(7)8/h1-2,10H;2*4H,2-3,6H2,1H3,(H,7,8)/t;2*4-/m.10/s1. The lowest BCUT2D eigenvalue weighted by Crippen LogP contribution is -2.68. The lowest BCUT2D eigenvalue weighted by atomic mass is 10.2. The van der Waals surface area contributed by atoms with Gasteiger partial charge in [-0.3, -0.25) is 30.3 Å². The molecule has 1 aromatic carbocycles. The minimum Gasteiger partial charge on any atom is -0.863 e. The Morgan fingerprint density at radius 3 is 1.56 bits per heavy atom. The predicted molar refractivity (Wildman–Crippen MR) is 118 cm³/mol. The predicted octanol–water partition coefficient (Wildman–Crippen LogP) is -1.98. The molecule has 0 heterocycles. The molecule has 18 heteroatoms. The zero-order valence-electron chi connectivity index (χ0n) is 18.2. The first-order chi connectivity index (χ1) is 15.7. The smallest absolute Gasteiger partial charge is 0.362 e. The molecule has 192 valence electrons. The summed E-state index contributed by atoms with van der Waals surface area (Å²) in [7, 11) is 0. The van der Waals surface area contributed by atoms with Crippen LogP contribution >= 0.6 is 23.5 Å². The lowest BCUT2D eigenvalue weighted by molar-refractivity contribution is -0.437. The Morgan fingerprint density at radius 2 is 1.29 bits per heavy atom. The maximum atomic E-state index is 11.1. The van der Waals surface area contributed by atoms with E-state index in [1.54, 1.807) is 23.5 Å². The van der Waals surface area contributed by atoms with E-state index in [0.717, 1.165) is 11.5 Å². The average Bonchev–Trinajstić information content (AvgIpc) is 2.75. The van der Waals surface area contributed by atoms with Gasteiger partial charge in [0, 0.05) is 12.8 Å². The second kappa shape index (κ2) is 17.3. The van der Waals surface area contributed by atoms with Crippen LogP contribution < -0.4 is 21.7 Å². The Labute approximate surface area is 201 Å². The maximum absolute atomic E-state index is 11.1. The van der Waals surface area contributed by atoms with Gasteiger partial charge in [-0.05, 0) is 24.0 Å². The highest BCUT2D eigenvalue weighted by molar-refractivity contribution is 7.98. The number of hydrogen-bond donors (Lipinski definition) is 3. The molecule has 2 atom stereocenters. The van der Waals surface area contributed by atoms with Gasteiger partial charge in [0.05, 0.1) is 38.6 Å². The number of nitro groups is 3. The van der Waals surface area contributed by atoms with Crippen molar-refractivity contribution in [1.29, 1.82) is 0 Å². The lowest BCUT2D eigenvalue weighted by Gasteiger charge is -2.06. The summed E-state index contributed by atoms with van der Waals surface area (Å²) < 4.78 is 0. The van der Waals surface area contributed by atoms with Crippen LogP contribution in [0.2, 0.25) is 0 Å². The third-order valence-corrected chi connectivity index (χ3v) is 4.95. The number of benzene rings is 1. The van der Waals surface area contributed by atoms with Crippen molar-refractivity contribution >= 4 is 52.5 Å². The van der Waals surface area contributed by atoms with Crippen LogP contribution in [0.4, 0.5) is 17.1 Å². The summed E-state index contributed by atoms with van der Waals surface area (Å²) in [6, 6.07) is -0.208. The fourth-order valence-corrected chi connectivity index (χ4v) is 2.76.